The van der Waals surface area contributed by atoms with E-state index >= 15 is 0 Å². The molecule has 1 aliphatic rings. The minimum atomic E-state index is -0.250. The summed E-state index contributed by atoms with van der Waals surface area (Å²) < 4.78 is 13.6. The van der Waals surface area contributed by atoms with Crippen LogP contribution >= 0.6 is 0 Å². The second kappa shape index (κ2) is 11.6. The Labute approximate surface area is 216 Å². The first-order valence-electron chi connectivity index (χ1n) is 12.4. The topological polar surface area (TPSA) is 74.2 Å². The van der Waals surface area contributed by atoms with Crippen molar-refractivity contribution in [2.24, 2.45) is 0 Å². The average molecular weight is 497 g/mol. The molecular weight excluding hydrogens is 467 g/mol. The molecule has 188 valence electrons. The number of anilines is 3. The third-order valence-electron chi connectivity index (χ3n) is 6.66. The molecule has 1 amide bonds. The first kappa shape index (κ1) is 24.4. The van der Waals surface area contributed by atoms with Crippen molar-refractivity contribution in [1.29, 1.82) is 0 Å². The number of benzene rings is 1. The van der Waals surface area contributed by atoms with Crippen molar-refractivity contribution in [3.05, 3.63) is 108 Å². The van der Waals surface area contributed by atoms with E-state index in [1.165, 1.54) is 17.7 Å². The van der Waals surface area contributed by atoms with Gasteiger partial charge in [-0.2, -0.15) is 0 Å². The lowest BCUT2D eigenvalue weighted by Gasteiger charge is -2.24. The Bertz CT molecular complexity index is 1320. The van der Waals surface area contributed by atoms with E-state index in [-0.39, 0.29) is 5.82 Å². The Kier molecular flexibility index (Phi) is 7.64. The second-order valence-electron chi connectivity index (χ2n) is 9.15. The zero-order valence-electron chi connectivity index (χ0n) is 20.5. The van der Waals surface area contributed by atoms with Crippen LogP contribution in [0.15, 0.2) is 85.5 Å². The van der Waals surface area contributed by atoms with Crippen molar-refractivity contribution in [2.45, 2.75) is 25.3 Å². The normalized spacial score (nSPS) is 14.9. The van der Waals surface area contributed by atoms with Crippen molar-refractivity contribution in [3.63, 3.8) is 0 Å². The molecule has 1 aromatic carbocycles. The number of pyridine rings is 3. The van der Waals surface area contributed by atoms with Gasteiger partial charge in [0.05, 0.1) is 12.2 Å². The maximum atomic E-state index is 13.6. The molecule has 8 heteroatoms. The smallest absolute Gasteiger partial charge is 0.214 e. The van der Waals surface area contributed by atoms with E-state index in [2.05, 4.69) is 32.3 Å². The molecule has 4 heterocycles. The summed E-state index contributed by atoms with van der Waals surface area (Å²) >= 11 is 0. The van der Waals surface area contributed by atoms with Gasteiger partial charge in [0, 0.05) is 50.3 Å². The van der Waals surface area contributed by atoms with Crippen LogP contribution < -0.4 is 15.1 Å². The maximum Gasteiger partial charge on any atom is 0.214 e. The summed E-state index contributed by atoms with van der Waals surface area (Å²) in [5.74, 6) is 1.66. The van der Waals surface area contributed by atoms with Crippen LogP contribution in [-0.2, 0) is 17.8 Å². The maximum absolute atomic E-state index is 13.6. The molecule has 4 aromatic rings. The van der Waals surface area contributed by atoms with Gasteiger partial charge in [-0.3, -0.25) is 14.8 Å². The van der Waals surface area contributed by atoms with Gasteiger partial charge in [-0.25, -0.2) is 9.37 Å². The predicted octanol–water partition coefficient (Wildman–Crippen LogP) is 4.82. The Balaban J connectivity index is 1.37. The third kappa shape index (κ3) is 6.09. The van der Waals surface area contributed by atoms with Gasteiger partial charge in [-0.15, -0.1) is 0 Å². The number of nitrogens with one attached hydrogen (secondary N) is 1. The lowest BCUT2D eigenvalue weighted by Crippen LogP contribution is -2.25. The Hall–Kier alpha value is -4.33. The molecule has 0 aliphatic carbocycles. The van der Waals surface area contributed by atoms with Crippen molar-refractivity contribution in [3.8, 4) is 0 Å². The zero-order valence-corrected chi connectivity index (χ0v) is 20.5. The lowest BCUT2D eigenvalue weighted by molar-refractivity contribution is -0.107. The molecule has 5 rings (SSSR count). The summed E-state index contributed by atoms with van der Waals surface area (Å²) in [6.45, 7) is 2.69. The molecule has 0 radical (unpaired) electrons. The van der Waals surface area contributed by atoms with Crippen molar-refractivity contribution < 1.29 is 9.18 Å². The highest BCUT2D eigenvalue weighted by molar-refractivity contribution is 5.82. The molecule has 1 fully saturated rings. The first-order valence-corrected chi connectivity index (χ1v) is 12.4. The molecule has 1 unspecified atom stereocenters. The number of carbonyl (C=O) groups excluding carboxylic acids is 1. The fraction of sp³-hybridized carbons (Fsp3) is 0.241. The van der Waals surface area contributed by atoms with Gasteiger partial charge in [0.2, 0.25) is 6.41 Å². The molecule has 0 spiro atoms. The highest BCUT2D eigenvalue weighted by Gasteiger charge is 2.26. The number of carbonyl (C=O) groups is 1. The van der Waals surface area contributed by atoms with Crippen molar-refractivity contribution in [1.82, 2.24) is 15.0 Å². The summed E-state index contributed by atoms with van der Waals surface area (Å²) in [6.07, 6.45) is 9.61. The minimum Gasteiger partial charge on any atom is -0.368 e. The molecule has 37 heavy (non-hydrogen) atoms. The molecule has 1 aliphatic heterocycles. The molecule has 1 saturated heterocycles. The average Bonchev–Trinajstić information content (AvgIpc) is 3.44. The number of halogens is 1. The van der Waals surface area contributed by atoms with Crippen LogP contribution in [0.5, 0.6) is 0 Å². The van der Waals surface area contributed by atoms with Crippen LogP contribution in [0, 0.1) is 5.82 Å². The number of hydrogen-bond acceptors (Lipinski definition) is 6. The first-order chi connectivity index (χ1) is 18.2. The summed E-state index contributed by atoms with van der Waals surface area (Å²) in [6, 6.07) is 18.4. The van der Waals surface area contributed by atoms with Crippen LogP contribution in [0.4, 0.5) is 21.7 Å². The van der Waals surface area contributed by atoms with Crippen LogP contribution in [0.2, 0.25) is 0 Å². The van der Waals surface area contributed by atoms with Gasteiger partial charge in [0.15, 0.2) is 5.82 Å². The van der Waals surface area contributed by atoms with E-state index in [4.69, 9.17) is 4.98 Å². The zero-order chi connectivity index (χ0) is 25.5. The largest absolute Gasteiger partial charge is 0.368 e. The number of rotatable bonds is 10. The SMILES string of the molecule is O=CN(Cc1cccnc1)c1ccc(N2CCC(c3ccncc3)C2)nc1NCCc1cccc(F)c1. The van der Waals surface area contributed by atoms with Crippen LogP contribution in [-0.4, -0.2) is 41.0 Å². The Morgan fingerprint density at radius 2 is 1.89 bits per heavy atom. The second-order valence-corrected chi connectivity index (χ2v) is 9.15. The van der Waals surface area contributed by atoms with Crippen molar-refractivity contribution >= 4 is 23.7 Å². The Morgan fingerprint density at radius 3 is 2.68 bits per heavy atom. The van der Waals surface area contributed by atoms with Crippen molar-refractivity contribution in [2.75, 3.05) is 34.8 Å². The molecule has 1 atom stereocenters. The number of nitrogens with zero attached hydrogens (tertiary/aromatic N) is 5. The summed E-state index contributed by atoms with van der Waals surface area (Å²) in [5, 5.41) is 3.40. The van der Waals surface area contributed by atoms with Gasteiger partial charge in [-0.05, 0) is 72.0 Å². The molecule has 3 aromatic heterocycles. The molecular formula is C29H29FN6O. The number of aromatic nitrogens is 3. The third-order valence-corrected chi connectivity index (χ3v) is 6.66. The highest BCUT2D eigenvalue weighted by Crippen LogP contribution is 2.33. The summed E-state index contributed by atoms with van der Waals surface area (Å²) in [4.78, 5) is 29.3. The van der Waals surface area contributed by atoms with Gasteiger partial charge in [0.1, 0.15) is 11.6 Å². The fourth-order valence-corrected chi connectivity index (χ4v) is 4.74. The van der Waals surface area contributed by atoms with Crippen LogP contribution in [0.1, 0.15) is 29.0 Å². The molecule has 0 bridgehead atoms. The number of amides is 1. The lowest BCUT2D eigenvalue weighted by atomic mass is 10.00. The van der Waals surface area contributed by atoms with Gasteiger partial charge in [0.25, 0.3) is 0 Å². The molecule has 7 nitrogen and oxygen atoms in total. The minimum absolute atomic E-state index is 0.250. The monoisotopic (exact) mass is 496 g/mol. The van der Waals surface area contributed by atoms with E-state index in [1.807, 2.05) is 42.7 Å². The predicted molar refractivity (Wildman–Crippen MR) is 143 cm³/mol. The van der Waals surface area contributed by atoms with E-state index in [1.54, 1.807) is 23.4 Å². The number of hydrogen-bond donors (Lipinski definition) is 1. The van der Waals surface area contributed by atoms with Gasteiger partial charge in [-0.1, -0.05) is 18.2 Å². The van der Waals surface area contributed by atoms with E-state index in [0.717, 1.165) is 42.9 Å². The van der Waals surface area contributed by atoms with E-state index in [0.29, 0.717) is 36.9 Å². The van der Waals surface area contributed by atoms with E-state index in [9.17, 15) is 9.18 Å². The highest BCUT2D eigenvalue weighted by atomic mass is 19.1. The molecule has 1 N–H and O–H groups in total. The van der Waals surface area contributed by atoms with Gasteiger partial charge >= 0.3 is 0 Å². The van der Waals surface area contributed by atoms with E-state index < -0.39 is 0 Å². The quantitative estimate of drug-likeness (QED) is 0.317. The summed E-state index contributed by atoms with van der Waals surface area (Å²) in [7, 11) is 0. The van der Waals surface area contributed by atoms with Gasteiger partial charge < -0.3 is 15.1 Å². The van der Waals surface area contributed by atoms with Crippen LogP contribution in [0.25, 0.3) is 0 Å². The summed E-state index contributed by atoms with van der Waals surface area (Å²) in [5.41, 5.74) is 3.79. The molecule has 0 saturated carbocycles. The standard InChI is InChI=1S/C29H29FN6O/c30-26-5-1-3-22(17-26)8-15-33-29-27(36(21-37)19-23-4-2-12-32-18-23)6-7-28(34-29)35-16-11-25(20-35)24-9-13-31-14-10-24/h1-7,9-10,12-14,17-18,21,25H,8,11,15-16,19-20H2,(H,33,34). The van der Waals surface area contributed by atoms with Crippen LogP contribution in [0.3, 0.4) is 0 Å². The Morgan fingerprint density at radius 1 is 1.03 bits per heavy atom. The fourth-order valence-electron chi connectivity index (χ4n) is 4.74.